The van der Waals surface area contributed by atoms with Crippen molar-refractivity contribution >= 4 is 5.97 Å². The van der Waals surface area contributed by atoms with Gasteiger partial charge in [0.05, 0.1) is 5.41 Å². The van der Waals surface area contributed by atoms with Crippen LogP contribution in [0.1, 0.15) is 30.9 Å². The van der Waals surface area contributed by atoms with Crippen molar-refractivity contribution in [3.63, 3.8) is 0 Å². The molecule has 2 atom stereocenters. The van der Waals surface area contributed by atoms with Crippen LogP contribution in [0.2, 0.25) is 0 Å². The molecule has 0 aliphatic heterocycles. The summed E-state index contributed by atoms with van der Waals surface area (Å²) in [4.78, 5) is 11.5. The Hall–Kier alpha value is -1.31. The van der Waals surface area contributed by atoms with E-state index in [9.17, 15) is 9.90 Å². The van der Waals surface area contributed by atoms with Crippen LogP contribution in [0.15, 0.2) is 24.3 Å². The highest BCUT2D eigenvalue weighted by molar-refractivity contribution is 5.81. The summed E-state index contributed by atoms with van der Waals surface area (Å²) in [6.45, 7) is 2.11. The van der Waals surface area contributed by atoms with Crippen LogP contribution in [0.4, 0.5) is 0 Å². The molecule has 1 saturated carbocycles. The third-order valence-electron chi connectivity index (χ3n) is 4.62. The monoisotopic (exact) mass is 202 g/mol. The van der Waals surface area contributed by atoms with E-state index in [1.165, 1.54) is 11.1 Å². The van der Waals surface area contributed by atoms with Crippen LogP contribution in [-0.4, -0.2) is 11.1 Å². The lowest BCUT2D eigenvalue weighted by atomic mass is 9.50. The van der Waals surface area contributed by atoms with Gasteiger partial charge in [-0.3, -0.25) is 4.79 Å². The average molecular weight is 202 g/mol. The normalized spacial score (nSPS) is 36.6. The maximum Gasteiger partial charge on any atom is 0.310 e. The molecule has 1 aromatic rings. The molecule has 2 nitrogen and oxygen atoms in total. The predicted octanol–water partition coefficient (Wildman–Crippen LogP) is 2.37. The van der Waals surface area contributed by atoms with Gasteiger partial charge in [-0.2, -0.15) is 0 Å². The van der Waals surface area contributed by atoms with Crippen molar-refractivity contribution in [2.24, 2.45) is 5.41 Å². The maximum absolute atomic E-state index is 11.5. The van der Waals surface area contributed by atoms with Gasteiger partial charge in [-0.15, -0.1) is 0 Å². The van der Waals surface area contributed by atoms with Crippen LogP contribution in [0.5, 0.6) is 0 Å². The second-order valence-corrected chi connectivity index (χ2v) is 5.05. The van der Waals surface area contributed by atoms with E-state index < -0.39 is 11.4 Å². The Balaban J connectivity index is 2.20. The van der Waals surface area contributed by atoms with Crippen molar-refractivity contribution < 1.29 is 9.90 Å². The van der Waals surface area contributed by atoms with Gasteiger partial charge in [0.25, 0.3) is 0 Å². The van der Waals surface area contributed by atoms with E-state index in [1.807, 2.05) is 12.1 Å². The topological polar surface area (TPSA) is 37.3 Å². The van der Waals surface area contributed by atoms with Crippen LogP contribution in [0, 0.1) is 5.41 Å². The standard InChI is InChI=1S/C13H14O2/c1-12-6-7-13(12,11(14)15)8-9-4-2-3-5-10(9)12/h2-5H,6-8H2,1H3,(H,14,15)/t12-,13+/m1/s1. The molecule has 0 unspecified atom stereocenters. The second kappa shape index (κ2) is 2.43. The minimum atomic E-state index is -0.618. The lowest BCUT2D eigenvalue weighted by Crippen LogP contribution is -2.55. The van der Waals surface area contributed by atoms with E-state index in [2.05, 4.69) is 19.1 Å². The first-order chi connectivity index (χ1) is 7.10. The van der Waals surface area contributed by atoms with E-state index in [-0.39, 0.29) is 5.41 Å². The van der Waals surface area contributed by atoms with Crippen molar-refractivity contribution in [2.45, 2.75) is 31.6 Å². The highest BCUT2D eigenvalue weighted by Gasteiger charge is 2.65. The van der Waals surface area contributed by atoms with E-state index in [4.69, 9.17) is 0 Å². The Labute approximate surface area is 88.9 Å². The molecule has 78 valence electrons. The number of hydrogen-bond acceptors (Lipinski definition) is 1. The Morgan fingerprint density at radius 3 is 2.67 bits per heavy atom. The third-order valence-corrected chi connectivity index (χ3v) is 4.62. The molecule has 2 heteroatoms. The lowest BCUT2D eigenvalue weighted by Gasteiger charge is -2.51. The lowest BCUT2D eigenvalue weighted by molar-refractivity contribution is -0.161. The minimum absolute atomic E-state index is 0.116. The first-order valence-corrected chi connectivity index (χ1v) is 5.42. The molecule has 1 aromatic carbocycles. The first kappa shape index (κ1) is 8.96. The summed E-state index contributed by atoms with van der Waals surface area (Å²) in [7, 11) is 0. The predicted molar refractivity (Wildman–Crippen MR) is 56.8 cm³/mol. The largest absolute Gasteiger partial charge is 0.481 e. The Morgan fingerprint density at radius 2 is 2.07 bits per heavy atom. The number of carbonyl (C=O) groups is 1. The number of fused-ring (bicyclic) bond motifs is 3. The fourth-order valence-corrected chi connectivity index (χ4v) is 3.43. The van der Waals surface area contributed by atoms with Crippen molar-refractivity contribution in [3.8, 4) is 0 Å². The maximum atomic E-state index is 11.5. The van der Waals surface area contributed by atoms with Gasteiger partial charge >= 0.3 is 5.97 Å². The fourth-order valence-electron chi connectivity index (χ4n) is 3.43. The number of benzene rings is 1. The van der Waals surface area contributed by atoms with E-state index in [0.717, 1.165) is 19.3 Å². The summed E-state index contributed by atoms with van der Waals surface area (Å²) in [6, 6.07) is 8.19. The van der Waals surface area contributed by atoms with Crippen LogP contribution in [0.3, 0.4) is 0 Å². The van der Waals surface area contributed by atoms with Crippen LogP contribution >= 0.6 is 0 Å². The second-order valence-electron chi connectivity index (χ2n) is 5.05. The van der Waals surface area contributed by atoms with Gasteiger partial charge in [0, 0.05) is 5.41 Å². The Kier molecular flexibility index (Phi) is 1.45. The van der Waals surface area contributed by atoms with Crippen LogP contribution in [0.25, 0.3) is 0 Å². The summed E-state index contributed by atoms with van der Waals surface area (Å²) in [6.07, 6.45) is 2.55. The summed E-state index contributed by atoms with van der Waals surface area (Å²) in [5.41, 5.74) is 1.88. The zero-order chi connectivity index (χ0) is 10.7. The van der Waals surface area contributed by atoms with Crippen LogP contribution in [-0.2, 0) is 16.6 Å². The van der Waals surface area contributed by atoms with Crippen molar-refractivity contribution in [3.05, 3.63) is 35.4 Å². The first-order valence-electron chi connectivity index (χ1n) is 5.42. The van der Waals surface area contributed by atoms with Gasteiger partial charge < -0.3 is 5.11 Å². The van der Waals surface area contributed by atoms with Crippen molar-refractivity contribution in [1.29, 1.82) is 0 Å². The molecule has 2 aliphatic rings. The zero-order valence-electron chi connectivity index (χ0n) is 8.79. The number of hydrogen-bond donors (Lipinski definition) is 1. The highest BCUT2D eigenvalue weighted by Crippen LogP contribution is 2.64. The van der Waals surface area contributed by atoms with Crippen molar-refractivity contribution in [2.75, 3.05) is 0 Å². The Bertz CT molecular complexity index is 452. The smallest absolute Gasteiger partial charge is 0.310 e. The quantitative estimate of drug-likeness (QED) is 0.759. The molecule has 0 amide bonds. The van der Waals surface area contributed by atoms with E-state index in [0.29, 0.717) is 0 Å². The van der Waals surface area contributed by atoms with Crippen molar-refractivity contribution in [1.82, 2.24) is 0 Å². The molecule has 0 heterocycles. The van der Waals surface area contributed by atoms with Gasteiger partial charge in [0.2, 0.25) is 0 Å². The summed E-state index contributed by atoms with van der Waals surface area (Å²) < 4.78 is 0. The SMILES string of the molecule is C[C@]12CC[C@@]1(C(=O)O)Cc1ccccc12. The van der Waals surface area contributed by atoms with Crippen LogP contribution < -0.4 is 0 Å². The molecule has 1 fully saturated rings. The molecule has 1 N–H and O–H groups in total. The molecule has 2 aliphatic carbocycles. The number of carboxylic acid groups (broad SMARTS) is 1. The van der Waals surface area contributed by atoms with Gasteiger partial charge in [0.1, 0.15) is 0 Å². The molecule has 15 heavy (non-hydrogen) atoms. The van der Waals surface area contributed by atoms with E-state index >= 15 is 0 Å². The molecule has 0 saturated heterocycles. The molecule has 3 rings (SSSR count). The number of aliphatic carboxylic acids is 1. The van der Waals surface area contributed by atoms with Gasteiger partial charge in [-0.1, -0.05) is 31.2 Å². The molecular formula is C13H14O2. The molecular weight excluding hydrogens is 188 g/mol. The summed E-state index contributed by atoms with van der Waals surface area (Å²) >= 11 is 0. The molecule has 0 bridgehead atoms. The highest BCUT2D eigenvalue weighted by atomic mass is 16.4. The fraction of sp³-hybridized carbons (Fsp3) is 0.462. The van der Waals surface area contributed by atoms with Gasteiger partial charge in [-0.05, 0) is 30.4 Å². The van der Waals surface area contributed by atoms with Gasteiger partial charge in [0.15, 0.2) is 0 Å². The zero-order valence-corrected chi connectivity index (χ0v) is 8.79. The third kappa shape index (κ3) is 0.796. The average Bonchev–Trinajstić information content (AvgIpc) is 2.38. The van der Waals surface area contributed by atoms with E-state index in [1.54, 1.807) is 0 Å². The Morgan fingerprint density at radius 1 is 1.33 bits per heavy atom. The summed E-state index contributed by atoms with van der Waals surface area (Å²) in [5, 5.41) is 9.43. The molecule has 0 spiro atoms. The number of carboxylic acids is 1. The molecule has 0 aromatic heterocycles. The minimum Gasteiger partial charge on any atom is -0.481 e. The summed E-state index contributed by atoms with van der Waals surface area (Å²) in [5.74, 6) is -0.618. The number of rotatable bonds is 1. The van der Waals surface area contributed by atoms with Gasteiger partial charge in [-0.25, -0.2) is 0 Å². The molecule has 0 radical (unpaired) electrons.